The highest BCUT2D eigenvalue weighted by molar-refractivity contribution is 9.11. The first-order chi connectivity index (χ1) is 4.83. The number of hydrogen-bond acceptors (Lipinski definition) is 4. The van der Waals surface area contributed by atoms with Crippen molar-refractivity contribution in [1.29, 1.82) is 0 Å². The monoisotopic (exact) mass is 222 g/mol. The second kappa shape index (κ2) is 4.00. The van der Waals surface area contributed by atoms with Gasteiger partial charge in [-0.15, -0.1) is 10.2 Å². The Labute approximate surface area is 71.6 Å². The molecule has 0 saturated carbocycles. The summed E-state index contributed by atoms with van der Waals surface area (Å²) in [7, 11) is 0. The van der Waals surface area contributed by atoms with Crippen molar-refractivity contribution in [2.75, 3.05) is 6.61 Å². The Morgan fingerprint density at radius 1 is 1.60 bits per heavy atom. The Balaban J connectivity index is 2.42. The molecule has 1 rings (SSSR count). The molecule has 0 amide bonds. The van der Waals surface area contributed by atoms with Gasteiger partial charge in [0.1, 0.15) is 11.6 Å². The maximum absolute atomic E-state index is 5.12. The van der Waals surface area contributed by atoms with E-state index in [4.69, 9.17) is 4.74 Å². The zero-order valence-corrected chi connectivity index (χ0v) is 7.91. The van der Waals surface area contributed by atoms with Crippen molar-refractivity contribution in [2.45, 2.75) is 13.5 Å². The Morgan fingerprint density at radius 3 is 2.90 bits per heavy atom. The van der Waals surface area contributed by atoms with E-state index in [-0.39, 0.29) is 0 Å². The lowest BCUT2D eigenvalue weighted by Crippen LogP contribution is -1.90. The summed E-state index contributed by atoms with van der Waals surface area (Å²) in [4.78, 5) is 0. The van der Waals surface area contributed by atoms with Gasteiger partial charge in [0.25, 0.3) is 0 Å². The number of ether oxygens (including phenoxy) is 1. The van der Waals surface area contributed by atoms with Crippen molar-refractivity contribution in [3.63, 3.8) is 0 Å². The van der Waals surface area contributed by atoms with Gasteiger partial charge >= 0.3 is 0 Å². The number of rotatable bonds is 3. The molecule has 0 spiro atoms. The molecule has 56 valence electrons. The summed E-state index contributed by atoms with van der Waals surface area (Å²) in [5, 5.41) is 8.54. The van der Waals surface area contributed by atoms with E-state index in [2.05, 4.69) is 26.1 Å². The molecule has 0 aromatic carbocycles. The first kappa shape index (κ1) is 8.10. The quantitative estimate of drug-likeness (QED) is 0.784. The van der Waals surface area contributed by atoms with Crippen LogP contribution in [-0.2, 0) is 11.3 Å². The van der Waals surface area contributed by atoms with E-state index in [1.165, 1.54) is 11.3 Å². The zero-order chi connectivity index (χ0) is 7.40. The van der Waals surface area contributed by atoms with Crippen molar-refractivity contribution in [3.8, 4) is 0 Å². The van der Waals surface area contributed by atoms with Crippen LogP contribution in [0.25, 0.3) is 0 Å². The molecule has 0 bridgehead atoms. The van der Waals surface area contributed by atoms with Crippen LogP contribution in [-0.4, -0.2) is 16.8 Å². The molecular weight excluding hydrogens is 216 g/mol. The number of aromatic nitrogens is 2. The van der Waals surface area contributed by atoms with Gasteiger partial charge in [-0.2, -0.15) is 0 Å². The predicted molar refractivity (Wildman–Crippen MR) is 42.9 cm³/mol. The highest BCUT2D eigenvalue weighted by Crippen LogP contribution is 2.15. The summed E-state index contributed by atoms with van der Waals surface area (Å²) in [6.45, 7) is 3.24. The molecule has 10 heavy (non-hydrogen) atoms. The molecule has 0 fully saturated rings. The normalized spacial score (nSPS) is 10.2. The van der Waals surface area contributed by atoms with Crippen LogP contribution in [0.15, 0.2) is 3.92 Å². The molecule has 0 aliphatic carbocycles. The molecule has 3 nitrogen and oxygen atoms in total. The minimum absolute atomic E-state index is 0.569. The SMILES string of the molecule is CCOCc1nnc(Br)s1. The Bertz CT molecular complexity index is 203. The van der Waals surface area contributed by atoms with Gasteiger partial charge in [0, 0.05) is 6.61 Å². The molecule has 0 aliphatic rings. The van der Waals surface area contributed by atoms with Crippen LogP contribution in [0, 0.1) is 0 Å². The number of nitrogens with zero attached hydrogens (tertiary/aromatic N) is 2. The van der Waals surface area contributed by atoms with Crippen molar-refractivity contribution in [1.82, 2.24) is 10.2 Å². The first-order valence-corrected chi connectivity index (χ1v) is 4.49. The molecule has 0 radical (unpaired) electrons. The standard InChI is InChI=1S/C5H7BrN2OS/c1-2-9-3-4-7-8-5(6)10-4/h2-3H2,1H3. The van der Waals surface area contributed by atoms with E-state index in [0.29, 0.717) is 6.61 Å². The van der Waals surface area contributed by atoms with Gasteiger partial charge in [0.15, 0.2) is 3.92 Å². The van der Waals surface area contributed by atoms with Gasteiger partial charge in [0.05, 0.1) is 0 Å². The summed E-state index contributed by atoms with van der Waals surface area (Å²) in [6.07, 6.45) is 0. The summed E-state index contributed by atoms with van der Waals surface area (Å²) < 4.78 is 5.93. The third-order valence-electron chi connectivity index (χ3n) is 0.872. The average Bonchev–Trinajstić information content (AvgIpc) is 2.31. The Hall–Kier alpha value is -0.0000000000000000833. The summed E-state index contributed by atoms with van der Waals surface area (Å²) in [5.74, 6) is 0. The predicted octanol–water partition coefficient (Wildman–Crippen LogP) is 1.84. The van der Waals surface area contributed by atoms with Crippen molar-refractivity contribution in [3.05, 3.63) is 8.92 Å². The molecule has 0 saturated heterocycles. The Morgan fingerprint density at radius 2 is 2.40 bits per heavy atom. The van der Waals surface area contributed by atoms with E-state index >= 15 is 0 Å². The van der Waals surface area contributed by atoms with Gasteiger partial charge in [-0.25, -0.2) is 0 Å². The fraction of sp³-hybridized carbons (Fsp3) is 0.600. The molecule has 5 heteroatoms. The molecular formula is C5H7BrN2OS. The second-order valence-electron chi connectivity index (χ2n) is 1.59. The highest BCUT2D eigenvalue weighted by atomic mass is 79.9. The van der Waals surface area contributed by atoms with Crippen molar-refractivity contribution < 1.29 is 4.74 Å². The molecule has 1 aromatic rings. The average molecular weight is 223 g/mol. The lowest BCUT2D eigenvalue weighted by atomic mass is 10.7. The lowest BCUT2D eigenvalue weighted by Gasteiger charge is -1.92. The van der Waals surface area contributed by atoms with E-state index in [1.807, 2.05) is 6.92 Å². The molecule has 0 atom stereocenters. The van der Waals surface area contributed by atoms with Crippen LogP contribution in [0.1, 0.15) is 11.9 Å². The van der Waals surface area contributed by atoms with Crippen LogP contribution >= 0.6 is 27.3 Å². The molecule has 1 aromatic heterocycles. The molecule has 0 unspecified atom stereocenters. The van der Waals surface area contributed by atoms with Crippen molar-refractivity contribution in [2.24, 2.45) is 0 Å². The van der Waals surface area contributed by atoms with Gasteiger partial charge in [-0.3, -0.25) is 0 Å². The van der Waals surface area contributed by atoms with Crippen LogP contribution in [0.2, 0.25) is 0 Å². The second-order valence-corrected chi connectivity index (χ2v) is 3.92. The first-order valence-electron chi connectivity index (χ1n) is 2.88. The lowest BCUT2D eigenvalue weighted by molar-refractivity contribution is 0.133. The van der Waals surface area contributed by atoms with E-state index < -0.39 is 0 Å². The van der Waals surface area contributed by atoms with Gasteiger partial charge < -0.3 is 4.74 Å². The van der Waals surface area contributed by atoms with Crippen LogP contribution in [0.3, 0.4) is 0 Å². The molecule has 0 N–H and O–H groups in total. The third-order valence-corrected chi connectivity index (χ3v) is 2.20. The van der Waals surface area contributed by atoms with Crippen LogP contribution in [0.4, 0.5) is 0 Å². The van der Waals surface area contributed by atoms with Gasteiger partial charge in [-0.1, -0.05) is 11.3 Å². The molecule has 0 aliphatic heterocycles. The van der Waals surface area contributed by atoms with Crippen LogP contribution < -0.4 is 0 Å². The van der Waals surface area contributed by atoms with E-state index in [1.54, 1.807) is 0 Å². The smallest absolute Gasteiger partial charge is 0.183 e. The minimum atomic E-state index is 0.569. The summed E-state index contributed by atoms with van der Waals surface area (Å²) >= 11 is 4.71. The molecule has 1 heterocycles. The summed E-state index contributed by atoms with van der Waals surface area (Å²) in [5.41, 5.74) is 0. The number of halogens is 1. The zero-order valence-electron chi connectivity index (χ0n) is 5.50. The third kappa shape index (κ3) is 2.32. The summed E-state index contributed by atoms with van der Waals surface area (Å²) in [6, 6.07) is 0. The maximum atomic E-state index is 5.12. The largest absolute Gasteiger partial charge is 0.374 e. The van der Waals surface area contributed by atoms with E-state index in [9.17, 15) is 0 Å². The fourth-order valence-corrected chi connectivity index (χ4v) is 1.62. The number of hydrogen-bond donors (Lipinski definition) is 0. The Kier molecular flexibility index (Phi) is 3.24. The maximum Gasteiger partial charge on any atom is 0.183 e. The van der Waals surface area contributed by atoms with Crippen molar-refractivity contribution >= 4 is 27.3 Å². The topological polar surface area (TPSA) is 35.0 Å². The van der Waals surface area contributed by atoms with Crippen LogP contribution in [0.5, 0.6) is 0 Å². The fourth-order valence-electron chi connectivity index (χ4n) is 0.481. The van der Waals surface area contributed by atoms with Gasteiger partial charge in [-0.05, 0) is 22.9 Å². The minimum Gasteiger partial charge on any atom is -0.374 e. The van der Waals surface area contributed by atoms with E-state index in [0.717, 1.165) is 15.5 Å². The van der Waals surface area contributed by atoms with Gasteiger partial charge in [0.2, 0.25) is 0 Å². The highest BCUT2D eigenvalue weighted by Gasteiger charge is 1.98.